The maximum Gasteiger partial charge on any atom is 0.257 e. The molecule has 1 amide bonds. The summed E-state index contributed by atoms with van der Waals surface area (Å²) in [5, 5.41) is 0. The monoisotopic (exact) mass is 423 g/mol. The number of amides is 1. The fourth-order valence-electron chi connectivity index (χ4n) is 3.89. The SMILES string of the molecule is Cl.Cl.Nc1cccc2c1CCCN2C(=O)C1CN(Cc2ccccc2)CCO1. The number of morpholine rings is 1. The number of rotatable bonds is 3. The molecule has 152 valence electrons. The summed E-state index contributed by atoms with van der Waals surface area (Å²) in [5.41, 5.74) is 10.2. The topological polar surface area (TPSA) is 58.8 Å². The molecule has 0 spiro atoms. The minimum Gasteiger partial charge on any atom is -0.398 e. The van der Waals surface area contributed by atoms with Gasteiger partial charge in [0.05, 0.1) is 6.61 Å². The molecule has 7 heteroatoms. The third-order valence-electron chi connectivity index (χ3n) is 5.23. The predicted octanol–water partition coefficient (Wildman–Crippen LogP) is 3.29. The zero-order chi connectivity index (χ0) is 17.9. The Morgan fingerprint density at radius 2 is 1.86 bits per heavy atom. The number of hydrogen-bond donors (Lipinski definition) is 1. The molecule has 28 heavy (non-hydrogen) atoms. The molecular weight excluding hydrogens is 397 g/mol. The first kappa shape index (κ1) is 22.5. The van der Waals surface area contributed by atoms with Crippen LogP contribution in [0.15, 0.2) is 48.5 Å². The molecule has 1 atom stereocenters. The van der Waals surface area contributed by atoms with Gasteiger partial charge in [-0.25, -0.2) is 0 Å². The number of carbonyl (C=O) groups excluding carboxylic acids is 1. The van der Waals surface area contributed by atoms with Crippen LogP contribution in [0.3, 0.4) is 0 Å². The number of ether oxygens (including phenoxy) is 1. The number of benzene rings is 2. The van der Waals surface area contributed by atoms with E-state index in [2.05, 4.69) is 17.0 Å². The van der Waals surface area contributed by atoms with Gasteiger partial charge >= 0.3 is 0 Å². The highest BCUT2D eigenvalue weighted by Crippen LogP contribution is 2.32. The van der Waals surface area contributed by atoms with Gasteiger partial charge in [-0.05, 0) is 36.1 Å². The highest BCUT2D eigenvalue weighted by atomic mass is 35.5. The second-order valence-electron chi connectivity index (χ2n) is 7.02. The van der Waals surface area contributed by atoms with Crippen LogP contribution >= 0.6 is 24.8 Å². The molecule has 0 bridgehead atoms. The minimum atomic E-state index is -0.417. The number of hydrogen-bond acceptors (Lipinski definition) is 4. The summed E-state index contributed by atoms with van der Waals surface area (Å²) < 4.78 is 5.84. The molecule has 2 N–H and O–H groups in total. The first-order valence-electron chi connectivity index (χ1n) is 9.29. The van der Waals surface area contributed by atoms with E-state index in [0.717, 1.165) is 49.4 Å². The average molecular weight is 424 g/mol. The van der Waals surface area contributed by atoms with E-state index < -0.39 is 6.10 Å². The van der Waals surface area contributed by atoms with Crippen LogP contribution in [0.5, 0.6) is 0 Å². The van der Waals surface area contributed by atoms with E-state index in [0.29, 0.717) is 13.2 Å². The first-order chi connectivity index (χ1) is 12.7. The van der Waals surface area contributed by atoms with Crippen molar-refractivity contribution in [2.45, 2.75) is 25.5 Å². The molecular formula is C21H27Cl2N3O2. The quantitative estimate of drug-likeness (QED) is 0.769. The highest BCUT2D eigenvalue weighted by Gasteiger charge is 2.33. The summed E-state index contributed by atoms with van der Waals surface area (Å²) in [4.78, 5) is 17.3. The number of carbonyl (C=O) groups is 1. The summed E-state index contributed by atoms with van der Waals surface area (Å²) in [5.74, 6) is 0.0503. The molecule has 0 aliphatic carbocycles. The molecule has 0 aromatic heterocycles. The molecule has 1 saturated heterocycles. The fourth-order valence-corrected chi connectivity index (χ4v) is 3.89. The van der Waals surface area contributed by atoms with E-state index in [9.17, 15) is 4.79 Å². The van der Waals surface area contributed by atoms with Crippen molar-refractivity contribution < 1.29 is 9.53 Å². The molecule has 4 rings (SSSR count). The second kappa shape index (κ2) is 10.1. The molecule has 0 saturated carbocycles. The van der Waals surface area contributed by atoms with Crippen molar-refractivity contribution in [3.63, 3.8) is 0 Å². The Kier molecular flexibility index (Phi) is 8.13. The number of halogens is 2. The summed E-state index contributed by atoms with van der Waals surface area (Å²) in [6.45, 7) is 3.64. The number of fused-ring (bicyclic) bond motifs is 1. The van der Waals surface area contributed by atoms with Gasteiger partial charge in [-0.3, -0.25) is 9.69 Å². The van der Waals surface area contributed by atoms with Gasteiger partial charge in [-0.15, -0.1) is 24.8 Å². The lowest BCUT2D eigenvalue weighted by Gasteiger charge is -2.37. The number of anilines is 2. The van der Waals surface area contributed by atoms with Crippen molar-refractivity contribution in [3.8, 4) is 0 Å². The number of nitrogens with two attached hydrogens (primary N) is 1. The van der Waals surface area contributed by atoms with Gasteiger partial charge in [0.25, 0.3) is 5.91 Å². The lowest BCUT2D eigenvalue weighted by Crippen LogP contribution is -2.51. The van der Waals surface area contributed by atoms with Crippen molar-refractivity contribution in [1.82, 2.24) is 4.90 Å². The van der Waals surface area contributed by atoms with E-state index in [-0.39, 0.29) is 30.7 Å². The molecule has 2 aliphatic rings. The maximum atomic E-state index is 13.2. The lowest BCUT2D eigenvalue weighted by atomic mass is 9.99. The summed E-state index contributed by atoms with van der Waals surface area (Å²) in [6.07, 6.45) is 1.45. The minimum absolute atomic E-state index is 0. The Morgan fingerprint density at radius 3 is 2.64 bits per heavy atom. The van der Waals surface area contributed by atoms with Crippen LogP contribution < -0.4 is 10.6 Å². The van der Waals surface area contributed by atoms with E-state index in [1.807, 2.05) is 41.3 Å². The standard InChI is InChI=1S/C21H25N3O2.2ClH/c22-18-9-4-10-19-17(18)8-5-11-24(19)21(25)20-15-23(12-13-26-20)14-16-6-2-1-3-7-16;;/h1-4,6-7,9-10,20H,5,8,11-15,22H2;2*1H. The highest BCUT2D eigenvalue weighted by molar-refractivity contribution is 5.98. The van der Waals surface area contributed by atoms with Gasteiger partial charge < -0.3 is 15.4 Å². The van der Waals surface area contributed by atoms with Crippen molar-refractivity contribution in [3.05, 3.63) is 59.7 Å². The van der Waals surface area contributed by atoms with Crippen molar-refractivity contribution >= 4 is 42.1 Å². The van der Waals surface area contributed by atoms with Crippen LogP contribution in [0.25, 0.3) is 0 Å². The second-order valence-corrected chi connectivity index (χ2v) is 7.02. The van der Waals surface area contributed by atoms with Gasteiger partial charge in [0.2, 0.25) is 0 Å². The Labute approximate surface area is 178 Å². The van der Waals surface area contributed by atoms with Crippen LogP contribution in [0.4, 0.5) is 11.4 Å². The Bertz CT molecular complexity index is 788. The summed E-state index contributed by atoms with van der Waals surface area (Å²) >= 11 is 0. The molecule has 2 aromatic carbocycles. The van der Waals surface area contributed by atoms with Crippen LogP contribution in [-0.2, 0) is 22.5 Å². The molecule has 2 heterocycles. The molecule has 1 fully saturated rings. The zero-order valence-corrected chi connectivity index (χ0v) is 17.4. The predicted molar refractivity (Wildman–Crippen MR) is 117 cm³/mol. The van der Waals surface area contributed by atoms with Crippen LogP contribution in [-0.4, -0.2) is 43.2 Å². The van der Waals surface area contributed by atoms with Crippen molar-refractivity contribution in [2.24, 2.45) is 0 Å². The Hall–Kier alpha value is -1.79. The molecule has 1 unspecified atom stereocenters. The van der Waals surface area contributed by atoms with E-state index in [1.54, 1.807) is 0 Å². The average Bonchev–Trinajstić information content (AvgIpc) is 2.68. The third kappa shape index (κ3) is 4.78. The third-order valence-corrected chi connectivity index (χ3v) is 5.23. The van der Waals surface area contributed by atoms with E-state index in [4.69, 9.17) is 10.5 Å². The van der Waals surface area contributed by atoms with Gasteiger partial charge in [-0.2, -0.15) is 0 Å². The summed E-state index contributed by atoms with van der Waals surface area (Å²) in [7, 11) is 0. The fraction of sp³-hybridized carbons (Fsp3) is 0.381. The molecule has 2 aliphatic heterocycles. The Morgan fingerprint density at radius 1 is 1.07 bits per heavy atom. The van der Waals surface area contributed by atoms with Gasteiger partial charge in [-0.1, -0.05) is 36.4 Å². The van der Waals surface area contributed by atoms with Crippen LogP contribution in [0.2, 0.25) is 0 Å². The van der Waals surface area contributed by atoms with Crippen molar-refractivity contribution in [1.29, 1.82) is 0 Å². The summed E-state index contributed by atoms with van der Waals surface area (Å²) in [6, 6.07) is 16.2. The first-order valence-corrected chi connectivity index (χ1v) is 9.29. The van der Waals surface area contributed by atoms with Gasteiger partial charge in [0, 0.05) is 37.6 Å². The normalized spacial score (nSPS) is 19.1. The van der Waals surface area contributed by atoms with Crippen LogP contribution in [0.1, 0.15) is 17.5 Å². The Balaban J connectivity index is 0.00000140. The largest absolute Gasteiger partial charge is 0.398 e. The maximum absolute atomic E-state index is 13.2. The van der Waals surface area contributed by atoms with Crippen molar-refractivity contribution in [2.75, 3.05) is 36.9 Å². The smallest absolute Gasteiger partial charge is 0.257 e. The molecule has 0 radical (unpaired) electrons. The zero-order valence-electron chi connectivity index (χ0n) is 15.8. The lowest BCUT2D eigenvalue weighted by molar-refractivity contribution is -0.136. The van der Waals surface area contributed by atoms with Gasteiger partial charge in [0.1, 0.15) is 6.10 Å². The van der Waals surface area contributed by atoms with E-state index in [1.165, 1.54) is 5.56 Å². The number of nitrogens with zero attached hydrogens (tertiary/aromatic N) is 2. The van der Waals surface area contributed by atoms with Gasteiger partial charge in [0.15, 0.2) is 0 Å². The number of nitrogen functional groups attached to an aromatic ring is 1. The van der Waals surface area contributed by atoms with E-state index >= 15 is 0 Å². The molecule has 5 nitrogen and oxygen atoms in total. The van der Waals surface area contributed by atoms with Crippen LogP contribution in [0, 0.1) is 0 Å². The molecule has 2 aromatic rings.